The van der Waals surface area contributed by atoms with Crippen molar-refractivity contribution in [3.8, 4) is 0 Å². The highest BCUT2D eigenvalue weighted by atomic mass is 16.2. The van der Waals surface area contributed by atoms with Crippen LogP contribution in [0.25, 0.3) is 0 Å². The zero-order valence-electron chi connectivity index (χ0n) is 11.1. The number of amides is 1. The topological polar surface area (TPSA) is 58.4 Å². The quantitative estimate of drug-likeness (QED) is 0.654. The number of nitrogen functional groups attached to an aromatic ring is 1. The van der Waals surface area contributed by atoms with Gasteiger partial charge in [-0.25, -0.2) is 0 Å². The van der Waals surface area contributed by atoms with Crippen LogP contribution < -0.4 is 16.2 Å². The molecule has 0 aromatic heterocycles. The SMILES string of the molecule is Cc1cccc(N(C)C(=O)c2ccc(NN)cc2)c1. The Hall–Kier alpha value is -2.33. The molecule has 0 aliphatic carbocycles. The molecule has 1 amide bonds. The number of aryl methyl sites for hydroxylation is 1. The number of carbonyl (C=O) groups is 1. The molecule has 0 fully saturated rings. The predicted molar refractivity (Wildman–Crippen MR) is 78.2 cm³/mol. The number of hydrogen-bond donors (Lipinski definition) is 2. The van der Waals surface area contributed by atoms with E-state index in [0.29, 0.717) is 5.56 Å². The van der Waals surface area contributed by atoms with Gasteiger partial charge in [0.25, 0.3) is 5.91 Å². The smallest absolute Gasteiger partial charge is 0.258 e. The zero-order chi connectivity index (χ0) is 13.8. The van der Waals surface area contributed by atoms with Crippen molar-refractivity contribution in [1.29, 1.82) is 0 Å². The fourth-order valence-corrected chi connectivity index (χ4v) is 1.86. The summed E-state index contributed by atoms with van der Waals surface area (Å²) < 4.78 is 0. The highest BCUT2D eigenvalue weighted by molar-refractivity contribution is 6.05. The molecule has 98 valence electrons. The average molecular weight is 255 g/mol. The first-order valence-electron chi connectivity index (χ1n) is 6.03. The van der Waals surface area contributed by atoms with E-state index in [-0.39, 0.29) is 5.91 Å². The molecule has 0 unspecified atom stereocenters. The monoisotopic (exact) mass is 255 g/mol. The molecule has 3 N–H and O–H groups in total. The summed E-state index contributed by atoms with van der Waals surface area (Å²) in [6, 6.07) is 14.9. The van der Waals surface area contributed by atoms with Crippen LogP contribution in [0.3, 0.4) is 0 Å². The van der Waals surface area contributed by atoms with Crippen LogP contribution in [-0.4, -0.2) is 13.0 Å². The first-order chi connectivity index (χ1) is 9.11. The van der Waals surface area contributed by atoms with Gasteiger partial charge in [-0.1, -0.05) is 12.1 Å². The molecule has 0 atom stereocenters. The standard InChI is InChI=1S/C15H17N3O/c1-11-4-3-5-14(10-11)18(2)15(19)12-6-8-13(17-16)9-7-12/h3-10,17H,16H2,1-2H3. The van der Waals surface area contributed by atoms with E-state index in [9.17, 15) is 4.79 Å². The molecular formula is C15H17N3O. The van der Waals surface area contributed by atoms with Gasteiger partial charge in [0.1, 0.15) is 0 Å². The van der Waals surface area contributed by atoms with Crippen LogP contribution in [0, 0.1) is 6.92 Å². The van der Waals surface area contributed by atoms with Gasteiger partial charge in [-0.2, -0.15) is 0 Å². The lowest BCUT2D eigenvalue weighted by molar-refractivity contribution is 0.0993. The van der Waals surface area contributed by atoms with Crippen LogP contribution in [0.15, 0.2) is 48.5 Å². The number of anilines is 2. The van der Waals surface area contributed by atoms with Crippen molar-refractivity contribution in [3.05, 3.63) is 59.7 Å². The number of hydrogen-bond acceptors (Lipinski definition) is 3. The summed E-state index contributed by atoms with van der Waals surface area (Å²) in [5, 5.41) is 0. The summed E-state index contributed by atoms with van der Waals surface area (Å²) in [6.45, 7) is 2.00. The molecule has 2 aromatic carbocycles. The van der Waals surface area contributed by atoms with Gasteiger partial charge in [-0.3, -0.25) is 10.6 Å². The number of benzene rings is 2. The number of nitrogens with two attached hydrogens (primary N) is 1. The van der Waals surface area contributed by atoms with Gasteiger partial charge in [0.15, 0.2) is 0 Å². The molecule has 0 bridgehead atoms. The average Bonchev–Trinajstić information content (AvgIpc) is 2.46. The second kappa shape index (κ2) is 5.54. The Balaban J connectivity index is 2.23. The van der Waals surface area contributed by atoms with Crippen molar-refractivity contribution < 1.29 is 4.79 Å². The molecule has 0 saturated carbocycles. The van der Waals surface area contributed by atoms with Gasteiger partial charge in [0.05, 0.1) is 0 Å². The third-order valence-electron chi connectivity index (χ3n) is 2.99. The molecule has 4 nitrogen and oxygen atoms in total. The highest BCUT2D eigenvalue weighted by Gasteiger charge is 2.13. The van der Waals surface area contributed by atoms with Crippen molar-refractivity contribution in [1.82, 2.24) is 0 Å². The molecule has 0 aliphatic rings. The van der Waals surface area contributed by atoms with E-state index in [1.54, 1.807) is 36.2 Å². The minimum atomic E-state index is -0.0471. The van der Waals surface area contributed by atoms with Gasteiger partial charge in [-0.05, 0) is 48.9 Å². The minimum absolute atomic E-state index is 0.0471. The number of hydrazine groups is 1. The zero-order valence-corrected chi connectivity index (χ0v) is 11.1. The van der Waals surface area contributed by atoms with Crippen molar-refractivity contribution in [3.63, 3.8) is 0 Å². The second-order valence-corrected chi connectivity index (χ2v) is 4.42. The lowest BCUT2D eigenvalue weighted by Crippen LogP contribution is -2.26. The molecule has 4 heteroatoms. The lowest BCUT2D eigenvalue weighted by atomic mass is 10.1. The van der Waals surface area contributed by atoms with E-state index in [1.807, 2.05) is 31.2 Å². The number of rotatable bonds is 3. The fourth-order valence-electron chi connectivity index (χ4n) is 1.86. The van der Waals surface area contributed by atoms with E-state index >= 15 is 0 Å². The Morgan fingerprint density at radius 3 is 2.42 bits per heavy atom. The summed E-state index contributed by atoms with van der Waals surface area (Å²) in [7, 11) is 1.77. The molecule has 2 rings (SSSR count). The molecule has 0 saturated heterocycles. The van der Waals surface area contributed by atoms with E-state index < -0.39 is 0 Å². The summed E-state index contributed by atoms with van der Waals surface area (Å²) in [5.41, 5.74) is 5.94. The van der Waals surface area contributed by atoms with E-state index in [0.717, 1.165) is 16.9 Å². The summed E-state index contributed by atoms with van der Waals surface area (Å²) >= 11 is 0. The summed E-state index contributed by atoms with van der Waals surface area (Å²) in [6.07, 6.45) is 0. The predicted octanol–water partition coefficient (Wildman–Crippen LogP) is 2.56. The summed E-state index contributed by atoms with van der Waals surface area (Å²) in [4.78, 5) is 14.0. The number of nitrogens with zero attached hydrogens (tertiary/aromatic N) is 1. The molecule has 0 heterocycles. The number of nitrogens with one attached hydrogen (secondary N) is 1. The second-order valence-electron chi connectivity index (χ2n) is 4.42. The third kappa shape index (κ3) is 2.92. The third-order valence-corrected chi connectivity index (χ3v) is 2.99. The van der Waals surface area contributed by atoms with Crippen LogP contribution in [0.4, 0.5) is 11.4 Å². The van der Waals surface area contributed by atoms with Crippen LogP contribution in [0.1, 0.15) is 15.9 Å². The van der Waals surface area contributed by atoms with Crippen LogP contribution in [-0.2, 0) is 0 Å². The van der Waals surface area contributed by atoms with Gasteiger partial charge in [0.2, 0.25) is 0 Å². The van der Waals surface area contributed by atoms with Crippen LogP contribution in [0.5, 0.6) is 0 Å². The van der Waals surface area contributed by atoms with E-state index in [1.165, 1.54) is 0 Å². The Morgan fingerprint density at radius 1 is 1.16 bits per heavy atom. The van der Waals surface area contributed by atoms with Gasteiger partial charge >= 0.3 is 0 Å². The number of carbonyl (C=O) groups excluding carboxylic acids is 1. The van der Waals surface area contributed by atoms with Crippen LogP contribution >= 0.6 is 0 Å². The molecule has 2 aromatic rings. The highest BCUT2D eigenvalue weighted by Crippen LogP contribution is 2.17. The normalized spacial score (nSPS) is 10.1. The Morgan fingerprint density at radius 2 is 1.84 bits per heavy atom. The molecule has 0 spiro atoms. The maximum absolute atomic E-state index is 12.3. The van der Waals surface area contributed by atoms with Crippen molar-refractivity contribution in [2.24, 2.45) is 5.84 Å². The first kappa shape index (κ1) is 13.1. The van der Waals surface area contributed by atoms with Gasteiger partial charge in [-0.15, -0.1) is 0 Å². The minimum Gasteiger partial charge on any atom is -0.324 e. The molecular weight excluding hydrogens is 238 g/mol. The molecule has 0 aliphatic heterocycles. The van der Waals surface area contributed by atoms with Crippen molar-refractivity contribution in [2.45, 2.75) is 6.92 Å². The summed E-state index contributed by atoms with van der Waals surface area (Å²) in [5.74, 6) is 5.25. The largest absolute Gasteiger partial charge is 0.324 e. The fraction of sp³-hybridized carbons (Fsp3) is 0.133. The van der Waals surface area contributed by atoms with Gasteiger partial charge < -0.3 is 10.3 Å². The van der Waals surface area contributed by atoms with Crippen molar-refractivity contribution in [2.75, 3.05) is 17.4 Å². The molecule has 19 heavy (non-hydrogen) atoms. The van der Waals surface area contributed by atoms with Crippen molar-refractivity contribution >= 4 is 17.3 Å². The first-order valence-corrected chi connectivity index (χ1v) is 6.03. The molecule has 0 radical (unpaired) electrons. The Bertz CT molecular complexity index is 578. The Labute approximate surface area is 112 Å². The lowest BCUT2D eigenvalue weighted by Gasteiger charge is -2.18. The maximum atomic E-state index is 12.3. The van der Waals surface area contributed by atoms with E-state index in [4.69, 9.17) is 5.84 Å². The Kier molecular flexibility index (Phi) is 3.82. The maximum Gasteiger partial charge on any atom is 0.258 e. The van der Waals surface area contributed by atoms with E-state index in [2.05, 4.69) is 5.43 Å². The van der Waals surface area contributed by atoms with Crippen LogP contribution in [0.2, 0.25) is 0 Å². The van der Waals surface area contributed by atoms with Gasteiger partial charge in [0, 0.05) is 24.0 Å².